The van der Waals surface area contributed by atoms with Crippen molar-refractivity contribution in [1.82, 2.24) is 5.32 Å². The highest BCUT2D eigenvalue weighted by molar-refractivity contribution is 7.07. The van der Waals surface area contributed by atoms with Crippen molar-refractivity contribution in [2.75, 3.05) is 7.11 Å². The normalized spacial score (nSPS) is 10.6. The van der Waals surface area contributed by atoms with Crippen LogP contribution in [0.4, 0.5) is 0 Å². The molecule has 3 heteroatoms. The molecule has 0 unspecified atom stereocenters. The van der Waals surface area contributed by atoms with Gasteiger partial charge in [-0.25, -0.2) is 0 Å². The van der Waals surface area contributed by atoms with E-state index in [2.05, 4.69) is 46.4 Å². The summed E-state index contributed by atoms with van der Waals surface area (Å²) in [6, 6.07) is 10.7. The second kappa shape index (κ2) is 6.55. The lowest BCUT2D eigenvalue weighted by atomic mass is 10.1. The van der Waals surface area contributed by atoms with E-state index < -0.39 is 0 Å². The van der Waals surface area contributed by atoms with Gasteiger partial charge in [-0.15, -0.1) is 0 Å². The van der Waals surface area contributed by atoms with Gasteiger partial charge in [0.05, 0.1) is 6.61 Å². The van der Waals surface area contributed by atoms with E-state index in [0.29, 0.717) is 6.61 Å². The second-order valence-electron chi connectivity index (χ2n) is 3.98. The molecule has 1 N–H and O–H groups in total. The van der Waals surface area contributed by atoms with E-state index >= 15 is 0 Å². The Balaban J connectivity index is 1.79. The van der Waals surface area contributed by atoms with Crippen molar-refractivity contribution in [2.24, 2.45) is 0 Å². The smallest absolute Gasteiger partial charge is 0.0713 e. The molecule has 0 bridgehead atoms. The van der Waals surface area contributed by atoms with E-state index in [4.69, 9.17) is 4.74 Å². The van der Waals surface area contributed by atoms with E-state index in [1.165, 1.54) is 16.7 Å². The van der Waals surface area contributed by atoms with Crippen LogP contribution < -0.4 is 5.32 Å². The largest absolute Gasteiger partial charge is 0.380 e. The lowest BCUT2D eigenvalue weighted by molar-refractivity contribution is 0.185. The van der Waals surface area contributed by atoms with Crippen LogP contribution in [-0.2, 0) is 24.4 Å². The summed E-state index contributed by atoms with van der Waals surface area (Å²) in [5.74, 6) is 0. The van der Waals surface area contributed by atoms with Gasteiger partial charge in [-0.2, -0.15) is 11.3 Å². The van der Waals surface area contributed by atoms with Gasteiger partial charge in [-0.1, -0.05) is 24.3 Å². The number of nitrogens with one attached hydrogen (secondary N) is 1. The molecule has 0 spiro atoms. The highest BCUT2D eigenvalue weighted by Crippen LogP contribution is 2.07. The predicted molar refractivity (Wildman–Crippen MR) is 72.0 cm³/mol. The van der Waals surface area contributed by atoms with Gasteiger partial charge < -0.3 is 10.1 Å². The van der Waals surface area contributed by atoms with Gasteiger partial charge in [0.2, 0.25) is 0 Å². The molecule has 17 heavy (non-hydrogen) atoms. The quantitative estimate of drug-likeness (QED) is 0.846. The minimum absolute atomic E-state index is 0.683. The predicted octanol–water partition coefficient (Wildman–Crippen LogP) is 3.18. The standard InChI is InChI=1S/C14H17NOS/c1-16-10-13-4-2-12(3-5-13)8-15-9-14-6-7-17-11-14/h2-7,11,15H,8-10H2,1H3. The van der Waals surface area contributed by atoms with Crippen LogP contribution in [0.15, 0.2) is 41.1 Å². The molecule has 0 aliphatic rings. The van der Waals surface area contributed by atoms with Crippen LogP contribution in [0, 0.1) is 0 Å². The van der Waals surface area contributed by atoms with Crippen LogP contribution in [0.2, 0.25) is 0 Å². The molecule has 90 valence electrons. The maximum Gasteiger partial charge on any atom is 0.0713 e. The molecule has 0 aliphatic heterocycles. The average molecular weight is 247 g/mol. The molecule has 2 nitrogen and oxygen atoms in total. The topological polar surface area (TPSA) is 21.3 Å². The van der Waals surface area contributed by atoms with Crippen molar-refractivity contribution < 1.29 is 4.74 Å². The van der Waals surface area contributed by atoms with E-state index in [1.807, 2.05) is 0 Å². The third-order valence-corrected chi connectivity index (χ3v) is 3.30. The number of benzene rings is 1. The van der Waals surface area contributed by atoms with E-state index in [-0.39, 0.29) is 0 Å². The minimum Gasteiger partial charge on any atom is -0.380 e. The first-order chi connectivity index (χ1) is 8.38. The van der Waals surface area contributed by atoms with Gasteiger partial charge >= 0.3 is 0 Å². The van der Waals surface area contributed by atoms with Crippen molar-refractivity contribution in [1.29, 1.82) is 0 Å². The molecule has 1 aromatic carbocycles. The molecule has 0 saturated heterocycles. The van der Waals surface area contributed by atoms with E-state index in [1.54, 1.807) is 18.4 Å². The summed E-state index contributed by atoms with van der Waals surface area (Å²) >= 11 is 1.74. The van der Waals surface area contributed by atoms with Gasteiger partial charge in [-0.05, 0) is 33.5 Å². The molecular weight excluding hydrogens is 230 g/mol. The van der Waals surface area contributed by atoms with Crippen molar-refractivity contribution >= 4 is 11.3 Å². The Morgan fingerprint density at radius 3 is 2.35 bits per heavy atom. The third-order valence-electron chi connectivity index (χ3n) is 2.57. The minimum atomic E-state index is 0.683. The van der Waals surface area contributed by atoms with Crippen molar-refractivity contribution in [3.05, 3.63) is 57.8 Å². The van der Waals surface area contributed by atoms with Crippen LogP contribution in [0.1, 0.15) is 16.7 Å². The van der Waals surface area contributed by atoms with Gasteiger partial charge in [-0.3, -0.25) is 0 Å². The first-order valence-electron chi connectivity index (χ1n) is 5.67. The Hall–Kier alpha value is -1.16. The molecule has 2 aromatic rings. The van der Waals surface area contributed by atoms with Gasteiger partial charge in [0.15, 0.2) is 0 Å². The number of hydrogen-bond donors (Lipinski definition) is 1. The third kappa shape index (κ3) is 3.97. The molecule has 0 atom stereocenters. The van der Waals surface area contributed by atoms with Crippen LogP contribution in [0.5, 0.6) is 0 Å². The molecule has 0 aliphatic carbocycles. The Kier molecular flexibility index (Phi) is 4.74. The zero-order valence-corrected chi connectivity index (χ0v) is 10.8. The number of hydrogen-bond acceptors (Lipinski definition) is 3. The van der Waals surface area contributed by atoms with E-state index in [9.17, 15) is 0 Å². The lowest BCUT2D eigenvalue weighted by Gasteiger charge is -2.05. The Morgan fingerprint density at radius 1 is 1.00 bits per heavy atom. The molecule has 0 radical (unpaired) electrons. The molecule has 0 fully saturated rings. The molecule has 1 heterocycles. The number of thiophene rings is 1. The zero-order valence-electron chi connectivity index (χ0n) is 9.98. The van der Waals surface area contributed by atoms with Crippen molar-refractivity contribution in [3.63, 3.8) is 0 Å². The fourth-order valence-electron chi connectivity index (χ4n) is 1.66. The second-order valence-corrected chi connectivity index (χ2v) is 4.76. The summed E-state index contributed by atoms with van der Waals surface area (Å²) in [6.07, 6.45) is 0. The first kappa shape index (κ1) is 12.3. The summed E-state index contributed by atoms with van der Waals surface area (Å²) in [4.78, 5) is 0. The summed E-state index contributed by atoms with van der Waals surface area (Å²) in [7, 11) is 1.72. The summed E-state index contributed by atoms with van der Waals surface area (Å²) in [6.45, 7) is 2.52. The lowest BCUT2D eigenvalue weighted by Crippen LogP contribution is -2.11. The maximum atomic E-state index is 5.08. The van der Waals surface area contributed by atoms with Crippen molar-refractivity contribution in [3.8, 4) is 0 Å². The Morgan fingerprint density at radius 2 is 1.71 bits per heavy atom. The van der Waals surface area contributed by atoms with Crippen LogP contribution in [0.3, 0.4) is 0 Å². The van der Waals surface area contributed by atoms with Crippen LogP contribution in [-0.4, -0.2) is 7.11 Å². The van der Waals surface area contributed by atoms with Gasteiger partial charge in [0.25, 0.3) is 0 Å². The van der Waals surface area contributed by atoms with Crippen LogP contribution in [0.25, 0.3) is 0 Å². The fourth-order valence-corrected chi connectivity index (χ4v) is 2.33. The SMILES string of the molecule is COCc1ccc(CNCc2ccsc2)cc1. The van der Waals surface area contributed by atoms with Gasteiger partial charge in [0.1, 0.15) is 0 Å². The van der Waals surface area contributed by atoms with Crippen LogP contribution >= 0.6 is 11.3 Å². The highest BCUT2D eigenvalue weighted by Gasteiger charge is 1.96. The highest BCUT2D eigenvalue weighted by atomic mass is 32.1. The number of ether oxygens (including phenoxy) is 1. The van der Waals surface area contributed by atoms with Crippen molar-refractivity contribution in [2.45, 2.75) is 19.7 Å². The molecule has 0 saturated carbocycles. The number of methoxy groups -OCH3 is 1. The molecule has 1 aromatic heterocycles. The van der Waals surface area contributed by atoms with Gasteiger partial charge in [0, 0.05) is 20.2 Å². The monoisotopic (exact) mass is 247 g/mol. The summed E-state index contributed by atoms with van der Waals surface area (Å²) in [5.41, 5.74) is 3.88. The summed E-state index contributed by atoms with van der Waals surface area (Å²) in [5, 5.41) is 7.71. The molecule has 2 rings (SSSR count). The summed E-state index contributed by atoms with van der Waals surface area (Å²) < 4.78 is 5.08. The maximum absolute atomic E-state index is 5.08. The Labute approximate surface area is 106 Å². The fraction of sp³-hybridized carbons (Fsp3) is 0.286. The molecule has 0 amide bonds. The van der Waals surface area contributed by atoms with E-state index in [0.717, 1.165) is 13.1 Å². The average Bonchev–Trinajstić information content (AvgIpc) is 2.85. The molecular formula is C14H17NOS. The number of rotatable bonds is 6. The zero-order chi connectivity index (χ0) is 11.9. The first-order valence-corrected chi connectivity index (χ1v) is 6.61. The Bertz CT molecular complexity index is 422.